The maximum Gasteiger partial charge on any atom is 0.242 e. The summed E-state index contributed by atoms with van der Waals surface area (Å²) in [5.41, 5.74) is 0.697. The van der Waals surface area contributed by atoms with Crippen molar-refractivity contribution in [3.8, 4) is 5.75 Å². The second-order valence-electron chi connectivity index (χ2n) is 5.67. The Kier molecular flexibility index (Phi) is 4.10. The zero-order valence-electron chi connectivity index (χ0n) is 11.8. The van der Waals surface area contributed by atoms with Crippen molar-refractivity contribution in [3.05, 3.63) is 24.3 Å². The highest BCUT2D eigenvalue weighted by Crippen LogP contribution is 2.31. The van der Waals surface area contributed by atoms with Crippen LogP contribution in [-0.2, 0) is 4.79 Å². The van der Waals surface area contributed by atoms with Gasteiger partial charge < -0.3 is 15.4 Å². The van der Waals surface area contributed by atoms with Crippen LogP contribution in [0, 0.1) is 5.41 Å². The van der Waals surface area contributed by atoms with Crippen LogP contribution < -0.4 is 15.4 Å². The van der Waals surface area contributed by atoms with Crippen molar-refractivity contribution >= 4 is 11.6 Å². The Morgan fingerprint density at radius 3 is 2.84 bits per heavy atom. The van der Waals surface area contributed by atoms with E-state index in [1.54, 1.807) is 7.11 Å². The van der Waals surface area contributed by atoms with Gasteiger partial charge in [0, 0.05) is 0 Å². The first kappa shape index (κ1) is 13.9. The summed E-state index contributed by atoms with van der Waals surface area (Å²) >= 11 is 0. The van der Waals surface area contributed by atoms with Gasteiger partial charge in [-0.1, -0.05) is 26.0 Å². The molecule has 1 aliphatic rings. The molecule has 1 aromatic rings. The van der Waals surface area contributed by atoms with Crippen molar-refractivity contribution in [1.29, 1.82) is 0 Å². The number of rotatable bonds is 3. The minimum absolute atomic E-state index is 0.00852. The molecular formula is C15H22N2O2. The Morgan fingerprint density at radius 1 is 1.42 bits per heavy atom. The molecule has 4 heteroatoms. The average Bonchev–Trinajstić information content (AvgIpc) is 2.38. The van der Waals surface area contributed by atoms with Gasteiger partial charge in [0.2, 0.25) is 5.91 Å². The van der Waals surface area contributed by atoms with Gasteiger partial charge in [-0.15, -0.1) is 0 Å². The lowest BCUT2D eigenvalue weighted by Crippen LogP contribution is -2.53. The third-order valence-corrected chi connectivity index (χ3v) is 3.75. The number of carbonyl (C=O) groups is 1. The molecule has 0 saturated carbocycles. The maximum absolute atomic E-state index is 12.4. The number of hydrogen-bond acceptors (Lipinski definition) is 3. The van der Waals surface area contributed by atoms with Crippen molar-refractivity contribution in [1.82, 2.24) is 5.32 Å². The lowest BCUT2D eigenvalue weighted by atomic mass is 9.77. The molecule has 1 saturated heterocycles. The van der Waals surface area contributed by atoms with Gasteiger partial charge >= 0.3 is 0 Å². The number of benzene rings is 1. The number of nitrogens with one attached hydrogen (secondary N) is 2. The summed E-state index contributed by atoms with van der Waals surface area (Å²) in [5.74, 6) is 0.693. The molecule has 1 unspecified atom stereocenters. The Hall–Kier alpha value is -1.55. The molecule has 2 rings (SSSR count). The molecular weight excluding hydrogens is 240 g/mol. The highest BCUT2D eigenvalue weighted by molar-refractivity contribution is 5.96. The first-order valence-electron chi connectivity index (χ1n) is 6.72. The highest BCUT2D eigenvalue weighted by atomic mass is 16.5. The molecule has 4 nitrogen and oxygen atoms in total. The SMILES string of the molecule is COc1ccccc1NC(=O)C1NCCCC1(C)C. The van der Waals surface area contributed by atoms with E-state index in [0.717, 1.165) is 25.1 Å². The predicted octanol–water partition coefficient (Wildman–Crippen LogP) is 2.41. The van der Waals surface area contributed by atoms with E-state index >= 15 is 0 Å². The highest BCUT2D eigenvalue weighted by Gasteiger charge is 2.37. The number of para-hydroxylation sites is 2. The van der Waals surface area contributed by atoms with Crippen LogP contribution in [0.2, 0.25) is 0 Å². The lowest BCUT2D eigenvalue weighted by Gasteiger charge is -2.38. The summed E-state index contributed by atoms with van der Waals surface area (Å²) in [6, 6.07) is 7.31. The molecule has 1 amide bonds. The third kappa shape index (κ3) is 3.07. The van der Waals surface area contributed by atoms with E-state index < -0.39 is 0 Å². The largest absolute Gasteiger partial charge is 0.495 e. The first-order valence-corrected chi connectivity index (χ1v) is 6.72. The van der Waals surface area contributed by atoms with E-state index in [0.29, 0.717) is 5.75 Å². The molecule has 1 atom stereocenters. The number of carbonyl (C=O) groups excluding carboxylic acids is 1. The quantitative estimate of drug-likeness (QED) is 0.879. The summed E-state index contributed by atoms with van der Waals surface area (Å²) in [6.45, 7) is 5.16. The Morgan fingerprint density at radius 2 is 2.16 bits per heavy atom. The van der Waals surface area contributed by atoms with Gasteiger partial charge in [0.15, 0.2) is 0 Å². The Bertz CT molecular complexity index is 457. The standard InChI is InChI=1S/C15H22N2O2/c1-15(2)9-6-10-16-13(15)14(18)17-11-7-4-5-8-12(11)19-3/h4-5,7-8,13,16H,6,9-10H2,1-3H3,(H,17,18). The summed E-state index contributed by atoms with van der Waals surface area (Å²) in [5, 5.41) is 6.27. The van der Waals surface area contributed by atoms with Crippen molar-refractivity contribution in [3.63, 3.8) is 0 Å². The van der Waals surface area contributed by atoms with Crippen molar-refractivity contribution < 1.29 is 9.53 Å². The number of piperidine rings is 1. The second kappa shape index (κ2) is 5.61. The average molecular weight is 262 g/mol. The number of methoxy groups -OCH3 is 1. The molecule has 19 heavy (non-hydrogen) atoms. The summed E-state index contributed by atoms with van der Waals surface area (Å²) < 4.78 is 5.25. The van der Waals surface area contributed by atoms with Gasteiger partial charge in [-0.2, -0.15) is 0 Å². The van der Waals surface area contributed by atoms with E-state index in [1.807, 2.05) is 24.3 Å². The van der Waals surface area contributed by atoms with Crippen molar-refractivity contribution in [2.24, 2.45) is 5.41 Å². The maximum atomic E-state index is 12.4. The number of ether oxygens (including phenoxy) is 1. The number of amides is 1. The zero-order chi connectivity index (χ0) is 13.9. The fraction of sp³-hybridized carbons (Fsp3) is 0.533. The minimum Gasteiger partial charge on any atom is -0.495 e. The second-order valence-corrected chi connectivity index (χ2v) is 5.67. The van der Waals surface area contributed by atoms with Gasteiger partial charge in [-0.3, -0.25) is 4.79 Å². The summed E-state index contributed by atoms with van der Waals surface area (Å²) in [7, 11) is 1.60. The smallest absolute Gasteiger partial charge is 0.242 e. The first-order chi connectivity index (χ1) is 9.04. The minimum atomic E-state index is -0.161. The van der Waals surface area contributed by atoms with Crippen LogP contribution in [-0.4, -0.2) is 25.6 Å². The van der Waals surface area contributed by atoms with Gasteiger partial charge in [0.05, 0.1) is 18.8 Å². The molecule has 2 N–H and O–H groups in total. The van der Waals surface area contributed by atoms with Crippen LogP contribution in [0.25, 0.3) is 0 Å². The van der Waals surface area contributed by atoms with E-state index in [1.165, 1.54) is 0 Å². The molecule has 1 aliphatic heterocycles. The van der Waals surface area contributed by atoms with Gasteiger partial charge in [0.25, 0.3) is 0 Å². The topological polar surface area (TPSA) is 50.4 Å². The molecule has 0 bridgehead atoms. The van der Waals surface area contributed by atoms with E-state index in [9.17, 15) is 4.79 Å². The van der Waals surface area contributed by atoms with Gasteiger partial charge in [-0.05, 0) is 36.9 Å². The molecule has 1 heterocycles. The number of anilines is 1. The van der Waals surface area contributed by atoms with E-state index in [4.69, 9.17) is 4.74 Å². The molecule has 0 radical (unpaired) electrons. The molecule has 0 spiro atoms. The van der Waals surface area contributed by atoms with Crippen LogP contribution >= 0.6 is 0 Å². The van der Waals surface area contributed by atoms with Crippen LogP contribution in [0.15, 0.2) is 24.3 Å². The fourth-order valence-electron chi connectivity index (χ4n) is 2.61. The number of hydrogen-bond donors (Lipinski definition) is 2. The Balaban J connectivity index is 2.12. The van der Waals surface area contributed by atoms with Gasteiger partial charge in [-0.25, -0.2) is 0 Å². The molecule has 0 aliphatic carbocycles. The molecule has 0 aromatic heterocycles. The van der Waals surface area contributed by atoms with E-state index in [-0.39, 0.29) is 17.4 Å². The van der Waals surface area contributed by atoms with Crippen molar-refractivity contribution in [2.45, 2.75) is 32.7 Å². The van der Waals surface area contributed by atoms with Crippen LogP contribution in [0.5, 0.6) is 5.75 Å². The molecule has 104 valence electrons. The fourth-order valence-corrected chi connectivity index (χ4v) is 2.61. The zero-order valence-corrected chi connectivity index (χ0v) is 11.8. The molecule has 1 aromatic carbocycles. The Labute approximate surface area is 114 Å². The monoisotopic (exact) mass is 262 g/mol. The predicted molar refractivity (Wildman–Crippen MR) is 76.4 cm³/mol. The van der Waals surface area contributed by atoms with Crippen molar-refractivity contribution in [2.75, 3.05) is 19.0 Å². The van der Waals surface area contributed by atoms with Crippen LogP contribution in [0.4, 0.5) is 5.69 Å². The van der Waals surface area contributed by atoms with E-state index in [2.05, 4.69) is 24.5 Å². The van der Waals surface area contributed by atoms with Crippen LogP contribution in [0.1, 0.15) is 26.7 Å². The lowest BCUT2D eigenvalue weighted by molar-refractivity contribution is -0.121. The summed E-state index contributed by atoms with van der Waals surface area (Å²) in [4.78, 5) is 12.4. The molecule has 1 fully saturated rings. The summed E-state index contributed by atoms with van der Waals surface area (Å²) in [6.07, 6.45) is 2.18. The third-order valence-electron chi connectivity index (χ3n) is 3.75. The van der Waals surface area contributed by atoms with Crippen LogP contribution in [0.3, 0.4) is 0 Å². The van der Waals surface area contributed by atoms with Gasteiger partial charge in [0.1, 0.15) is 5.75 Å². The normalized spacial score (nSPS) is 21.7.